The summed E-state index contributed by atoms with van der Waals surface area (Å²) in [7, 11) is 0. The largest absolute Gasteiger partial charge is 0.326 e. The molecule has 4 atom stereocenters. The maximum absolute atomic E-state index is 13.6. The first-order chi connectivity index (χ1) is 22.5. The van der Waals surface area contributed by atoms with Gasteiger partial charge in [0.05, 0.1) is 0 Å². The predicted octanol–water partition coefficient (Wildman–Crippen LogP) is 6.92. The van der Waals surface area contributed by atoms with E-state index in [4.69, 9.17) is 0 Å². The maximum Gasteiger partial charge on any atom is 0.225 e. The van der Waals surface area contributed by atoms with E-state index in [0.29, 0.717) is 93.3 Å². The predicted molar refractivity (Wildman–Crippen MR) is 188 cm³/mol. The van der Waals surface area contributed by atoms with Crippen molar-refractivity contribution in [3.05, 3.63) is 58.7 Å². The highest BCUT2D eigenvalue weighted by Crippen LogP contribution is 2.53. The van der Waals surface area contributed by atoms with E-state index in [0.717, 1.165) is 25.9 Å². The number of rotatable bonds is 8. The number of benzene rings is 2. The topological polar surface area (TPSA) is 98.8 Å². The summed E-state index contributed by atoms with van der Waals surface area (Å²) in [6, 6.07) is 10.9. The minimum absolute atomic E-state index is 0.0954. The number of nitrogens with one attached hydrogen (secondary N) is 2. The fourth-order valence-corrected chi connectivity index (χ4v) is 10.9. The number of ketones is 2. The molecule has 2 amide bonds. The number of hydrogen-bond donors (Lipinski definition) is 2. The zero-order valence-corrected chi connectivity index (χ0v) is 29.6. The summed E-state index contributed by atoms with van der Waals surface area (Å²) in [6.45, 7) is 17.7. The molecule has 3 aliphatic carbocycles. The smallest absolute Gasteiger partial charge is 0.225 e. The van der Waals surface area contributed by atoms with Crippen LogP contribution < -0.4 is 10.6 Å². The molecule has 2 heterocycles. The number of carbonyl (C=O) groups excluding carboxylic acids is 4. The van der Waals surface area contributed by atoms with Crippen molar-refractivity contribution in [1.29, 1.82) is 0 Å². The molecule has 0 radical (unpaired) electrons. The van der Waals surface area contributed by atoms with Crippen molar-refractivity contribution >= 4 is 34.8 Å². The van der Waals surface area contributed by atoms with Gasteiger partial charge in [-0.05, 0) is 96.6 Å². The molecule has 2 N–H and O–H groups in total. The van der Waals surface area contributed by atoms with Crippen molar-refractivity contribution in [3.8, 4) is 0 Å². The molecule has 2 aromatic rings. The average molecular weight is 653 g/mol. The summed E-state index contributed by atoms with van der Waals surface area (Å²) in [4.78, 5) is 58.1. The Balaban J connectivity index is 0.952. The third-order valence-corrected chi connectivity index (χ3v) is 11.9. The van der Waals surface area contributed by atoms with Gasteiger partial charge in [-0.15, -0.1) is 0 Å². The Morgan fingerprint density at radius 1 is 0.625 bits per heavy atom. The molecule has 2 saturated heterocycles. The zero-order valence-electron chi connectivity index (χ0n) is 29.6. The first-order valence-corrected chi connectivity index (χ1v) is 17.9. The molecule has 7 rings (SSSR count). The second-order valence-corrected chi connectivity index (χ2v) is 18.1. The van der Waals surface area contributed by atoms with Gasteiger partial charge in [0, 0.05) is 84.7 Å². The number of nitrogens with zero attached hydrogens (tertiary/aromatic N) is 2. The number of amides is 2. The molecule has 8 heteroatoms. The van der Waals surface area contributed by atoms with E-state index in [2.05, 4.69) is 62.0 Å². The normalized spacial score (nSPS) is 30.1. The lowest BCUT2D eigenvalue weighted by atomic mass is 9.65. The molecule has 4 fully saturated rings. The molecule has 4 bridgehead atoms. The Hall–Kier alpha value is -3.36. The highest BCUT2D eigenvalue weighted by atomic mass is 16.2. The van der Waals surface area contributed by atoms with Crippen LogP contribution in [0.1, 0.15) is 125 Å². The first-order valence-electron chi connectivity index (χ1n) is 17.9. The van der Waals surface area contributed by atoms with Crippen LogP contribution in [0.2, 0.25) is 0 Å². The minimum atomic E-state index is -0.259. The van der Waals surface area contributed by atoms with Crippen molar-refractivity contribution in [2.75, 3.05) is 36.8 Å². The number of fused-ring (bicyclic) bond motifs is 6. The Labute approximate surface area is 285 Å². The fourth-order valence-electron chi connectivity index (χ4n) is 10.9. The van der Waals surface area contributed by atoms with Gasteiger partial charge in [-0.2, -0.15) is 0 Å². The summed E-state index contributed by atoms with van der Waals surface area (Å²) >= 11 is 0. The summed E-state index contributed by atoms with van der Waals surface area (Å²) in [5.74, 6) is -0.709. The monoisotopic (exact) mass is 652 g/mol. The van der Waals surface area contributed by atoms with Gasteiger partial charge in [0.15, 0.2) is 11.6 Å². The number of likely N-dealkylation sites (tertiary alicyclic amines) is 2. The van der Waals surface area contributed by atoms with Crippen LogP contribution in [0, 0.1) is 21.7 Å². The van der Waals surface area contributed by atoms with Crippen molar-refractivity contribution < 1.29 is 19.2 Å². The van der Waals surface area contributed by atoms with Gasteiger partial charge in [0.1, 0.15) is 0 Å². The van der Waals surface area contributed by atoms with Crippen molar-refractivity contribution in [2.24, 2.45) is 21.7 Å². The lowest BCUT2D eigenvalue weighted by molar-refractivity contribution is -0.117. The Bertz CT molecular complexity index is 1570. The lowest BCUT2D eigenvalue weighted by Crippen LogP contribution is -2.35. The molecule has 48 heavy (non-hydrogen) atoms. The third-order valence-electron chi connectivity index (χ3n) is 11.9. The van der Waals surface area contributed by atoms with Crippen LogP contribution in [0.3, 0.4) is 0 Å². The Morgan fingerprint density at radius 3 is 1.42 bits per heavy atom. The highest BCUT2D eigenvalue weighted by Gasteiger charge is 2.50. The lowest BCUT2D eigenvalue weighted by Gasteiger charge is -2.40. The van der Waals surface area contributed by atoms with E-state index >= 15 is 0 Å². The number of carbonyl (C=O) groups is 4. The van der Waals surface area contributed by atoms with Crippen LogP contribution in [0.15, 0.2) is 36.4 Å². The van der Waals surface area contributed by atoms with Crippen molar-refractivity contribution in [3.63, 3.8) is 0 Å². The van der Waals surface area contributed by atoms with Crippen LogP contribution in [0.4, 0.5) is 11.4 Å². The Kier molecular flexibility index (Phi) is 8.02. The summed E-state index contributed by atoms with van der Waals surface area (Å²) in [6.07, 6.45) is 7.93. The number of anilines is 2. The van der Waals surface area contributed by atoms with Gasteiger partial charge in [-0.25, -0.2) is 0 Å². The SMILES string of the molecule is CC1(C)C[C@H]2C[C@](C)(CN2CCC(=O)Nc2ccc3c(c2)C(=O)c2ccc(NC(=O)CCN4C[C@@]5(C)C[C@@H]4CC(C)(C)C5)cc2C3=O)C1. The zero-order chi connectivity index (χ0) is 34.2. The van der Waals surface area contributed by atoms with E-state index in [1.54, 1.807) is 36.4 Å². The molecule has 2 saturated carbocycles. The van der Waals surface area contributed by atoms with Gasteiger partial charge in [0.25, 0.3) is 0 Å². The van der Waals surface area contributed by atoms with Crippen molar-refractivity contribution in [1.82, 2.24) is 9.80 Å². The number of hydrogen-bond acceptors (Lipinski definition) is 6. The van der Waals surface area contributed by atoms with Crippen molar-refractivity contribution in [2.45, 2.75) is 105 Å². The van der Waals surface area contributed by atoms with Crippen LogP contribution in [-0.2, 0) is 9.59 Å². The van der Waals surface area contributed by atoms with Crippen LogP contribution in [0.5, 0.6) is 0 Å². The van der Waals surface area contributed by atoms with E-state index in [9.17, 15) is 19.2 Å². The highest BCUT2D eigenvalue weighted by molar-refractivity contribution is 6.29. The molecule has 0 spiro atoms. The molecule has 0 aromatic heterocycles. The molecular weight excluding hydrogens is 600 g/mol. The van der Waals surface area contributed by atoms with E-state index < -0.39 is 0 Å². The summed E-state index contributed by atoms with van der Waals surface area (Å²) in [5, 5.41) is 5.92. The van der Waals surface area contributed by atoms with Crippen LogP contribution in [-0.4, -0.2) is 71.4 Å². The summed E-state index contributed by atoms with van der Waals surface area (Å²) < 4.78 is 0. The molecule has 2 aromatic carbocycles. The fraction of sp³-hybridized carbons (Fsp3) is 0.600. The van der Waals surface area contributed by atoms with Gasteiger partial charge in [-0.1, -0.05) is 41.5 Å². The quantitative estimate of drug-likeness (QED) is 0.274. The summed E-state index contributed by atoms with van der Waals surface area (Å²) in [5.41, 5.74) is 3.53. The average Bonchev–Trinajstić information content (AvgIpc) is 3.38. The minimum Gasteiger partial charge on any atom is -0.326 e. The third kappa shape index (κ3) is 6.50. The van der Waals surface area contributed by atoms with Crippen LogP contribution in [0.25, 0.3) is 0 Å². The molecule has 5 aliphatic rings. The van der Waals surface area contributed by atoms with E-state index in [-0.39, 0.29) is 23.4 Å². The molecule has 256 valence electrons. The second-order valence-electron chi connectivity index (χ2n) is 18.1. The first kappa shape index (κ1) is 33.2. The van der Waals surface area contributed by atoms with Gasteiger partial charge >= 0.3 is 0 Å². The van der Waals surface area contributed by atoms with E-state index in [1.165, 1.54) is 25.7 Å². The Morgan fingerprint density at radius 2 is 1.02 bits per heavy atom. The maximum atomic E-state index is 13.6. The standard InChI is InChI=1S/C40H52N4O4/c1-37(2)17-27-19-39(5,21-37)23-43(27)13-11-33(45)41-25-7-9-29-31(15-25)35(47)30-10-8-26(16-32(30)36(29)48)42-34(46)12-14-44-24-40(6)20-28(44)18-38(3,4)22-40/h7-10,15-16,27-28H,11-14,17-24H2,1-6H3,(H,41,45)(H,42,46)/t27-,28-,39-,40-/m0/s1. The van der Waals surface area contributed by atoms with Crippen LogP contribution >= 0.6 is 0 Å². The molecule has 2 aliphatic heterocycles. The molecule has 0 unspecified atom stereocenters. The van der Waals surface area contributed by atoms with Gasteiger partial charge < -0.3 is 10.6 Å². The van der Waals surface area contributed by atoms with E-state index in [1.807, 2.05) is 0 Å². The van der Waals surface area contributed by atoms with Gasteiger partial charge in [-0.3, -0.25) is 29.0 Å². The molecular formula is C40H52N4O4. The second kappa shape index (κ2) is 11.6. The molecule has 8 nitrogen and oxygen atoms in total. The van der Waals surface area contributed by atoms with Gasteiger partial charge in [0.2, 0.25) is 11.8 Å².